The Kier molecular flexibility index (Phi) is 6.43. The molecule has 5 aromatic rings. The predicted octanol–water partition coefficient (Wildman–Crippen LogP) is 5.96. The van der Waals surface area contributed by atoms with Crippen molar-refractivity contribution < 1.29 is 24.2 Å². The minimum Gasteiger partial charge on any atom is -0.480 e. The van der Waals surface area contributed by atoms with Gasteiger partial charge >= 0.3 is 11.9 Å². The molecule has 0 aliphatic heterocycles. The first-order valence-electron chi connectivity index (χ1n) is 11.7. The zero-order chi connectivity index (χ0) is 25.9. The van der Waals surface area contributed by atoms with Crippen LogP contribution in [0.4, 0.5) is 0 Å². The largest absolute Gasteiger partial charge is 0.480 e. The van der Waals surface area contributed by atoms with Gasteiger partial charge in [0.1, 0.15) is 5.65 Å². The van der Waals surface area contributed by atoms with E-state index in [1.807, 2.05) is 53.8 Å². The zero-order valence-corrected chi connectivity index (χ0v) is 20.3. The minimum atomic E-state index is -0.995. The first-order valence-corrected chi connectivity index (χ1v) is 11.7. The number of carbonyl (C=O) groups excluding carboxylic acids is 1. The van der Waals surface area contributed by atoms with Gasteiger partial charge in [0, 0.05) is 0 Å². The Labute approximate surface area is 213 Å². The number of hydrogen-bond acceptors (Lipinski definition) is 5. The van der Waals surface area contributed by atoms with Crippen LogP contribution in [0.1, 0.15) is 43.6 Å². The van der Waals surface area contributed by atoms with Crippen LogP contribution < -0.4 is 4.74 Å². The number of nitrogens with zero attached hydrogens (tertiary/aromatic N) is 2. The van der Waals surface area contributed by atoms with Crippen LogP contribution in [-0.4, -0.2) is 33.5 Å². The number of imidazole rings is 1. The molecular weight excluding hydrogens is 468 g/mol. The summed E-state index contributed by atoms with van der Waals surface area (Å²) in [5.41, 5.74) is 5.06. The van der Waals surface area contributed by atoms with Gasteiger partial charge < -0.3 is 14.6 Å². The third-order valence-corrected chi connectivity index (χ3v) is 6.21. The van der Waals surface area contributed by atoms with E-state index in [0.29, 0.717) is 28.3 Å². The number of methoxy groups -OCH3 is 1. The molecule has 184 valence electrons. The Morgan fingerprint density at radius 3 is 2.30 bits per heavy atom. The number of aromatic carboxylic acids is 1. The van der Waals surface area contributed by atoms with E-state index in [0.717, 1.165) is 16.7 Å². The molecule has 0 saturated heterocycles. The Balaban J connectivity index is 1.60. The summed E-state index contributed by atoms with van der Waals surface area (Å²) in [6.45, 7) is 1.95. The average molecular weight is 493 g/mol. The van der Waals surface area contributed by atoms with E-state index >= 15 is 0 Å². The van der Waals surface area contributed by atoms with Crippen molar-refractivity contribution in [2.24, 2.45) is 0 Å². The van der Waals surface area contributed by atoms with Crippen molar-refractivity contribution in [1.82, 2.24) is 9.38 Å². The molecule has 1 atom stereocenters. The third kappa shape index (κ3) is 4.67. The highest BCUT2D eigenvalue weighted by Gasteiger charge is 2.24. The number of rotatable bonds is 7. The van der Waals surface area contributed by atoms with Gasteiger partial charge in [0.25, 0.3) is 0 Å². The Hall–Kier alpha value is -4.91. The van der Waals surface area contributed by atoms with Crippen LogP contribution in [0.5, 0.6) is 5.88 Å². The van der Waals surface area contributed by atoms with Crippen LogP contribution in [0.2, 0.25) is 0 Å². The summed E-state index contributed by atoms with van der Waals surface area (Å²) >= 11 is 0. The van der Waals surface area contributed by atoms with Gasteiger partial charge in [0.2, 0.25) is 5.88 Å². The first-order chi connectivity index (χ1) is 18.0. The number of carboxylic acids is 1. The van der Waals surface area contributed by atoms with Crippen molar-refractivity contribution >= 4 is 17.6 Å². The first kappa shape index (κ1) is 23.8. The van der Waals surface area contributed by atoms with Gasteiger partial charge in [0.05, 0.1) is 30.1 Å². The second-order valence-electron chi connectivity index (χ2n) is 8.54. The fourth-order valence-electron chi connectivity index (χ4n) is 4.32. The molecule has 0 radical (unpaired) electrons. The van der Waals surface area contributed by atoms with Crippen LogP contribution in [0.3, 0.4) is 0 Å². The minimum absolute atomic E-state index is 0.216. The van der Waals surface area contributed by atoms with Gasteiger partial charge in [-0.3, -0.25) is 4.40 Å². The van der Waals surface area contributed by atoms with Crippen molar-refractivity contribution in [3.05, 3.63) is 125 Å². The highest BCUT2D eigenvalue weighted by Crippen LogP contribution is 2.32. The van der Waals surface area contributed by atoms with E-state index in [2.05, 4.69) is 4.98 Å². The van der Waals surface area contributed by atoms with Gasteiger partial charge in [-0.2, -0.15) is 4.98 Å². The zero-order valence-electron chi connectivity index (χ0n) is 20.3. The molecule has 0 fully saturated rings. The van der Waals surface area contributed by atoms with E-state index in [1.54, 1.807) is 61.8 Å². The number of pyridine rings is 1. The number of fused-ring (bicyclic) bond motifs is 1. The summed E-state index contributed by atoms with van der Waals surface area (Å²) in [6.07, 6.45) is 0.997. The van der Waals surface area contributed by atoms with E-state index < -0.39 is 18.0 Å². The molecule has 5 rings (SSSR count). The maximum atomic E-state index is 13.1. The van der Waals surface area contributed by atoms with Crippen molar-refractivity contribution in [3.63, 3.8) is 0 Å². The lowest BCUT2D eigenvalue weighted by Gasteiger charge is -2.21. The number of ether oxygens (including phenoxy) is 2. The molecule has 0 bridgehead atoms. The molecule has 0 aliphatic rings. The number of hydrogen-bond donors (Lipinski definition) is 1. The topological polar surface area (TPSA) is 90.1 Å². The van der Waals surface area contributed by atoms with Gasteiger partial charge in [-0.25, -0.2) is 9.59 Å². The SMILES string of the molecule is COc1cn2c(C(OC(=O)c3ccccc3)c3ccc(-c4ccccc4C(=O)O)cc3)ccc(C)c2n1. The van der Waals surface area contributed by atoms with Gasteiger partial charge in [-0.05, 0) is 53.4 Å². The van der Waals surface area contributed by atoms with Crippen LogP contribution in [0, 0.1) is 6.92 Å². The molecule has 1 unspecified atom stereocenters. The molecule has 7 heteroatoms. The lowest BCUT2D eigenvalue weighted by Crippen LogP contribution is -2.16. The fraction of sp³-hybridized carbons (Fsp3) is 0.100. The summed E-state index contributed by atoms with van der Waals surface area (Å²) in [6, 6.07) is 26.8. The molecule has 0 saturated carbocycles. The van der Waals surface area contributed by atoms with Crippen LogP contribution in [0.25, 0.3) is 16.8 Å². The lowest BCUT2D eigenvalue weighted by molar-refractivity contribution is 0.0368. The number of benzene rings is 3. The summed E-state index contributed by atoms with van der Waals surface area (Å²) in [4.78, 5) is 29.4. The maximum absolute atomic E-state index is 13.1. The second kappa shape index (κ2) is 9.99. The molecule has 1 N–H and O–H groups in total. The van der Waals surface area contributed by atoms with Crippen molar-refractivity contribution in [3.8, 4) is 17.0 Å². The lowest BCUT2D eigenvalue weighted by atomic mass is 9.96. The summed E-state index contributed by atoms with van der Waals surface area (Å²) < 4.78 is 13.3. The standard InChI is InChI=1S/C30H24N2O5/c1-19-12-17-25(32-18-26(36-2)31-28(19)32)27(37-30(35)22-8-4-3-5-9-22)21-15-13-20(14-16-21)23-10-6-7-11-24(23)29(33)34/h3-18,27H,1-2H3,(H,33,34). The number of aryl methyl sites for hydroxylation is 1. The predicted molar refractivity (Wildman–Crippen MR) is 139 cm³/mol. The van der Waals surface area contributed by atoms with Gasteiger partial charge in [-0.15, -0.1) is 0 Å². The normalized spacial score (nSPS) is 11.7. The molecule has 2 heterocycles. The van der Waals surface area contributed by atoms with E-state index in [9.17, 15) is 14.7 Å². The van der Waals surface area contributed by atoms with Crippen molar-refractivity contribution in [1.29, 1.82) is 0 Å². The molecule has 0 spiro atoms. The molecule has 0 amide bonds. The van der Waals surface area contributed by atoms with Crippen LogP contribution in [-0.2, 0) is 4.74 Å². The molecule has 0 aliphatic carbocycles. The number of aromatic nitrogens is 2. The maximum Gasteiger partial charge on any atom is 0.339 e. The Morgan fingerprint density at radius 1 is 0.892 bits per heavy atom. The molecular formula is C30H24N2O5. The summed E-state index contributed by atoms with van der Waals surface area (Å²) in [5, 5.41) is 9.59. The summed E-state index contributed by atoms with van der Waals surface area (Å²) in [7, 11) is 1.55. The quantitative estimate of drug-likeness (QED) is 0.282. The third-order valence-electron chi connectivity index (χ3n) is 6.21. The van der Waals surface area contributed by atoms with Crippen LogP contribution in [0.15, 0.2) is 97.2 Å². The molecule has 3 aromatic carbocycles. The monoisotopic (exact) mass is 492 g/mol. The number of carboxylic acid groups (broad SMARTS) is 1. The highest BCUT2D eigenvalue weighted by atomic mass is 16.5. The van der Waals surface area contributed by atoms with E-state index in [-0.39, 0.29) is 5.56 Å². The molecule has 7 nitrogen and oxygen atoms in total. The molecule has 37 heavy (non-hydrogen) atoms. The van der Waals surface area contributed by atoms with Gasteiger partial charge in [-0.1, -0.05) is 66.7 Å². The van der Waals surface area contributed by atoms with Crippen molar-refractivity contribution in [2.75, 3.05) is 7.11 Å². The fourth-order valence-corrected chi connectivity index (χ4v) is 4.32. The summed E-state index contributed by atoms with van der Waals surface area (Å²) in [5.74, 6) is -1.01. The van der Waals surface area contributed by atoms with Gasteiger partial charge in [0.15, 0.2) is 6.10 Å². The smallest absolute Gasteiger partial charge is 0.339 e. The average Bonchev–Trinajstić information content (AvgIpc) is 3.38. The number of carbonyl (C=O) groups is 2. The van der Waals surface area contributed by atoms with Crippen LogP contribution >= 0.6 is 0 Å². The van der Waals surface area contributed by atoms with Crippen molar-refractivity contribution in [2.45, 2.75) is 13.0 Å². The molecule has 2 aromatic heterocycles. The van der Waals surface area contributed by atoms with E-state index in [1.165, 1.54) is 0 Å². The highest BCUT2D eigenvalue weighted by molar-refractivity contribution is 5.96. The Morgan fingerprint density at radius 2 is 1.59 bits per heavy atom. The Bertz CT molecular complexity index is 1590. The second-order valence-corrected chi connectivity index (χ2v) is 8.54. The van der Waals surface area contributed by atoms with E-state index in [4.69, 9.17) is 9.47 Å². The number of esters is 1.